The summed E-state index contributed by atoms with van der Waals surface area (Å²) in [4.78, 5) is 29.0. The number of aryl methyl sites for hydroxylation is 1. The van der Waals surface area contributed by atoms with Crippen molar-refractivity contribution in [1.29, 1.82) is 0 Å². The second kappa shape index (κ2) is 7.03. The number of ketones is 1. The number of amides is 1. The minimum Gasteiger partial charge on any atom is -0.379 e. The van der Waals surface area contributed by atoms with E-state index in [4.69, 9.17) is 4.74 Å². The predicted octanol–water partition coefficient (Wildman–Crippen LogP) is 1.99. The number of ether oxygens (including phenoxy) is 1. The van der Waals surface area contributed by atoms with Crippen LogP contribution in [0.3, 0.4) is 0 Å². The van der Waals surface area contributed by atoms with E-state index >= 15 is 0 Å². The van der Waals surface area contributed by atoms with Gasteiger partial charge in [-0.05, 0) is 37.5 Å². The van der Waals surface area contributed by atoms with Gasteiger partial charge in [0.2, 0.25) is 0 Å². The standard InChI is InChI=1S/C19H26N2O3/c1-13-4-5-16(10-17(13)15(3)22)19(23)21-11-14(2)18(12-21)20-6-8-24-9-7-20/h4-5,10,14,18H,6-9,11-12H2,1-3H3/t14-,18-/m0/s1. The van der Waals surface area contributed by atoms with Crippen molar-refractivity contribution in [2.45, 2.75) is 26.8 Å². The zero-order valence-electron chi connectivity index (χ0n) is 14.7. The van der Waals surface area contributed by atoms with Crippen LogP contribution in [0.4, 0.5) is 0 Å². The highest BCUT2D eigenvalue weighted by molar-refractivity contribution is 6.00. The molecule has 1 amide bonds. The van der Waals surface area contributed by atoms with Crippen molar-refractivity contribution in [2.24, 2.45) is 5.92 Å². The van der Waals surface area contributed by atoms with E-state index in [0.717, 1.165) is 45.0 Å². The molecule has 0 radical (unpaired) electrons. The first kappa shape index (κ1) is 17.1. The van der Waals surface area contributed by atoms with Crippen molar-refractivity contribution in [3.63, 3.8) is 0 Å². The second-order valence-electron chi connectivity index (χ2n) is 6.99. The zero-order valence-corrected chi connectivity index (χ0v) is 14.7. The first-order valence-corrected chi connectivity index (χ1v) is 8.70. The van der Waals surface area contributed by atoms with Crippen molar-refractivity contribution < 1.29 is 14.3 Å². The Labute approximate surface area is 143 Å². The molecule has 2 aliphatic rings. The van der Waals surface area contributed by atoms with Gasteiger partial charge in [0.05, 0.1) is 13.2 Å². The molecule has 2 aliphatic heterocycles. The number of benzene rings is 1. The molecule has 0 aromatic heterocycles. The van der Waals surface area contributed by atoms with Crippen LogP contribution in [0.5, 0.6) is 0 Å². The molecule has 2 saturated heterocycles. The molecule has 0 bridgehead atoms. The van der Waals surface area contributed by atoms with Crippen LogP contribution < -0.4 is 0 Å². The summed E-state index contributed by atoms with van der Waals surface area (Å²) in [6.07, 6.45) is 0. The molecule has 0 unspecified atom stereocenters. The van der Waals surface area contributed by atoms with Gasteiger partial charge in [0, 0.05) is 43.3 Å². The zero-order chi connectivity index (χ0) is 17.3. The highest BCUT2D eigenvalue weighted by Crippen LogP contribution is 2.25. The monoisotopic (exact) mass is 330 g/mol. The Morgan fingerprint density at radius 3 is 2.54 bits per heavy atom. The molecule has 2 heterocycles. The van der Waals surface area contributed by atoms with Crippen LogP contribution in [0.15, 0.2) is 18.2 Å². The van der Waals surface area contributed by atoms with Crippen LogP contribution in [0.2, 0.25) is 0 Å². The minimum absolute atomic E-state index is 0.00290. The lowest BCUT2D eigenvalue weighted by Gasteiger charge is -2.34. The molecule has 3 rings (SSSR count). The Balaban J connectivity index is 1.74. The van der Waals surface area contributed by atoms with Crippen molar-refractivity contribution in [3.05, 3.63) is 34.9 Å². The van der Waals surface area contributed by atoms with Crippen molar-refractivity contribution in [3.8, 4) is 0 Å². The van der Waals surface area contributed by atoms with E-state index in [2.05, 4.69) is 11.8 Å². The third-order valence-electron chi connectivity index (χ3n) is 5.24. The van der Waals surface area contributed by atoms with E-state index in [1.54, 1.807) is 13.0 Å². The van der Waals surface area contributed by atoms with E-state index in [-0.39, 0.29) is 11.7 Å². The maximum atomic E-state index is 12.9. The van der Waals surface area contributed by atoms with Gasteiger partial charge in [-0.2, -0.15) is 0 Å². The van der Waals surface area contributed by atoms with E-state index < -0.39 is 0 Å². The van der Waals surface area contributed by atoms with Gasteiger partial charge in [-0.25, -0.2) is 0 Å². The van der Waals surface area contributed by atoms with Gasteiger partial charge in [-0.15, -0.1) is 0 Å². The van der Waals surface area contributed by atoms with E-state index in [1.807, 2.05) is 24.0 Å². The van der Waals surface area contributed by atoms with Crippen molar-refractivity contribution >= 4 is 11.7 Å². The topological polar surface area (TPSA) is 49.9 Å². The fraction of sp³-hybridized carbons (Fsp3) is 0.579. The van der Waals surface area contributed by atoms with Crippen LogP contribution in [0.1, 0.15) is 40.1 Å². The van der Waals surface area contributed by atoms with E-state index in [9.17, 15) is 9.59 Å². The number of rotatable bonds is 3. The maximum absolute atomic E-state index is 12.9. The summed E-state index contributed by atoms with van der Waals surface area (Å²) < 4.78 is 5.43. The molecule has 0 aliphatic carbocycles. The number of likely N-dealkylation sites (tertiary alicyclic amines) is 1. The van der Waals surface area contributed by atoms with Crippen molar-refractivity contribution in [2.75, 3.05) is 39.4 Å². The molecule has 1 aromatic carbocycles. The van der Waals surface area contributed by atoms with Gasteiger partial charge in [-0.1, -0.05) is 13.0 Å². The molecular weight excluding hydrogens is 304 g/mol. The summed E-state index contributed by atoms with van der Waals surface area (Å²) in [7, 11) is 0. The van der Waals surface area contributed by atoms with Gasteiger partial charge in [-0.3, -0.25) is 14.5 Å². The fourth-order valence-electron chi connectivity index (χ4n) is 3.82. The van der Waals surface area contributed by atoms with Crippen LogP contribution in [0.25, 0.3) is 0 Å². The molecule has 5 heteroatoms. The number of hydrogen-bond donors (Lipinski definition) is 0. The SMILES string of the molecule is CC(=O)c1cc(C(=O)N2C[C@H](C)[C@@H](N3CCOCC3)C2)ccc1C. The Hall–Kier alpha value is -1.72. The molecule has 0 saturated carbocycles. The van der Waals surface area contributed by atoms with Gasteiger partial charge >= 0.3 is 0 Å². The van der Waals surface area contributed by atoms with Crippen LogP contribution >= 0.6 is 0 Å². The van der Waals surface area contributed by atoms with Gasteiger partial charge in [0.15, 0.2) is 5.78 Å². The number of Topliss-reactive ketones (excluding diaryl/α,β-unsaturated/α-hetero) is 1. The summed E-state index contributed by atoms with van der Waals surface area (Å²) in [6, 6.07) is 5.84. The van der Waals surface area contributed by atoms with Gasteiger partial charge < -0.3 is 9.64 Å². The lowest BCUT2D eigenvalue weighted by Crippen LogP contribution is -2.47. The highest BCUT2D eigenvalue weighted by Gasteiger charge is 2.36. The molecule has 2 atom stereocenters. The largest absolute Gasteiger partial charge is 0.379 e. The maximum Gasteiger partial charge on any atom is 0.253 e. The molecular formula is C19H26N2O3. The van der Waals surface area contributed by atoms with E-state index in [0.29, 0.717) is 23.1 Å². The first-order chi connectivity index (χ1) is 11.5. The number of carbonyl (C=O) groups excluding carboxylic acids is 2. The average molecular weight is 330 g/mol. The normalized spacial score (nSPS) is 25.0. The van der Waals surface area contributed by atoms with Crippen molar-refractivity contribution in [1.82, 2.24) is 9.80 Å². The summed E-state index contributed by atoms with van der Waals surface area (Å²) in [5.41, 5.74) is 2.17. The van der Waals surface area contributed by atoms with Gasteiger partial charge in [0.25, 0.3) is 5.91 Å². The van der Waals surface area contributed by atoms with Crippen LogP contribution in [-0.4, -0.2) is 66.9 Å². The highest BCUT2D eigenvalue weighted by atomic mass is 16.5. The third kappa shape index (κ3) is 3.37. The molecule has 5 nitrogen and oxygen atoms in total. The Morgan fingerprint density at radius 2 is 1.88 bits per heavy atom. The lowest BCUT2D eigenvalue weighted by molar-refractivity contribution is 0.0119. The quantitative estimate of drug-likeness (QED) is 0.796. The Bertz CT molecular complexity index is 637. The predicted molar refractivity (Wildman–Crippen MR) is 92.4 cm³/mol. The second-order valence-corrected chi connectivity index (χ2v) is 6.99. The summed E-state index contributed by atoms with van der Waals surface area (Å²) in [6.45, 7) is 10.6. The number of nitrogens with zero attached hydrogens (tertiary/aromatic N) is 2. The Morgan fingerprint density at radius 1 is 1.17 bits per heavy atom. The minimum atomic E-state index is 0.00290. The molecule has 130 valence electrons. The summed E-state index contributed by atoms with van der Waals surface area (Å²) in [5, 5.41) is 0. The number of morpholine rings is 1. The lowest BCUT2D eigenvalue weighted by atomic mass is 10.0. The van der Waals surface area contributed by atoms with E-state index in [1.165, 1.54) is 0 Å². The average Bonchev–Trinajstić information content (AvgIpc) is 2.97. The molecule has 24 heavy (non-hydrogen) atoms. The first-order valence-electron chi connectivity index (χ1n) is 8.70. The summed E-state index contributed by atoms with van der Waals surface area (Å²) in [5.74, 6) is 0.480. The molecule has 2 fully saturated rings. The van der Waals surface area contributed by atoms with Crippen LogP contribution in [0, 0.1) is 12.8 Å². The third-order valence-corrected chi connectivity index (χ3v) is 5.24. The fourth-order valence-corrected chi connectivity index (χ4v) is 3.82. The molecule has 1 aromatic rings. The number of hydrogen-bond acceptors (Lipinski definition) is 4. The Kier molecular flexibility index (Phi) is 5.01. The smallest absolute Gasteiger partial charge is 0.253 e. The van der Waals surface area contributed by atoms with Gasteiger partial charge in [0.1, 0.15) is 0 Å². The molecule has 0 spiro atoms. The van der Waals surface area contributed by atoms with Crippen LogP contribution in [-0.2, 0) is 4.74 Å². The summed E-state index contributed by atoms with van der Waals surface area (Å²) >= 11 is 0. The number of carbonyl (C=O) groups is 2. The molecule has 0 N–H and O–H groups in total.